The van der Waals surface area contributed by atoms with E-state index in [4.69, 9.17) is 4.74 Å². The van der Waals surface area contributed by atoms with Gasteiger partial charge in [-0.05, 0) is 74.2 Å². The molecular formula is C32H38ClN3O3. The van der Waals surface area contributed by atoms with Crippen LogP contribution in [0.15, 0.2) is 84.9 Å². The molecule has 0 radical (unpaired) electrons. The molecule has 0 aliphatic carbocycles. The molecule has 3 aromatic rings. The number of halogens is 1. The Morgan fingerprint density at radius 1 is 0.897 bits per heavy atom. The van der Waals surface area contributed by atoms with Gasteiger partial charge in [0.05, 0.1) is 18.6 Å². The summed E-state index contributed by atoms with van der Waals surface area (Å²) in [6.07, 6.45) is 3.57. The van der Waals surface area contributed by atoms with Gasteiger partial charge in [0.15, 0.2) is 0 Å². The molecule has 6 nitrogen and oxygen atoms in total. The van der Waals surface area contributed by atoms with E-state index in [1.807, 2.05) is 77.7 Å². The number of amides is 2. The predicted octanol–water partition coefficient (Wildman–Crippen LogP) is 5.49. The van der Waals surface area contributed by atoms with Crippen molar-refractivity contribution in [2.75, 3.05) is 33.3 Å². The van der Waals surface area contributed by atoms with Crippen LogP contribution in [0.2, 0.25) is 0 Å². The van der Waals surface area contributed by atoms with Crippen molar-refractivity contribution >= 4 is 24.2 Å². The first-order valence-corrected chi connectivity index (χ1v) is 13.6. The molecule has 2 heterocycles. The van der Waals surface area contributed by atoms with Crippen LogP contribution in [0, 0.1) is 5.41 Å². The van der Waals surface area contributed by atoms with E-state index in [1.165, 1.54) is 0 Å². The number of nitrogens with zero attached hydrogens (tertiary/aromatic N) is 2. The number of methoxy groups -OCH3 is 1. The van der Waals surface area contributed by atoms with E-state index in [0.717, 1.165) is 68.7 Å². The van der Waals surface area contributed by atoms with Crippen LogP contribution >= 0.6 is 12.4 Å². The largest absolute Gasteiger partial charge is 0.497 e. The predicted molar refractivity (Wildman–Crippen MR) is 156 cm³/mol. The Balaban J connectivity index is 0.00000353. The van der Waals surface area contributed by atoms with Crippen LogP contribution in [0.25, 0.3) is 0 Å². The monoisotopic (exact) mass is 547 g/mol. The van der Waals surface area contributed by atoms with Crippen LogP contribution in [0.5, 0.6) is 5.75 Å². The van der Waals surface area contributed by atoms with Gasteiger partial charge in [-0.25, -0.2) is 0 Å². The number of hydrogen-bond acceptors (Lipinski definition) is 4. The highest BCUT2D eigenvalue weighted by Gasteiger charge is 2.47. The molecule has 2 amide bonds. The van der Waals surface area contributed by atoms with Crippen LogP contribution in [0.4, 0.5) is 0 Å². The van der Waals surface area contributed by atoms with Crippen LogP contribution < -0.4 is 10.1 Å². The van der Waals surface area contributed by atoms with Gasteiger partial charge >= 0.3 is 0 Å². The van der Waals surface area contributed by atoms with Crippen LogP contribution in [-0.2, 0) is 11.3 Å². The Morgan fingerprint density at radius 2 is 1.51 bits per heavy atom. The highest BCUT2D eigenvalue weighted by atomic mass is 35.5. The number of hydrogen-bond donors (Lipinski definition) is 1. The van der Waals surface area contributed by atoms with Crippen molar-refractivity contribution in [3.8, 4) is 5.75 Å². The Labute approximate surface area is 237 Å². The summed E-state index contributed by atoms with van der Waals surface area (Å²) in [7, 11) is 1.66. The summed E-state index contributed by atoms with van der Waals surface area (Å²) in [5, 5.41) is 3.25. The van der Waals surface area contributed by atoms with E-state index >= 15 is 0 Å². The maximum absolute atomic E-state index is 13.5. The molecule has 1 unspecified atom stereocenters. The van der Waals surface area contributed by atoms with Crippen molar-refractivity contribution in [1.29, 1.82) is 0 Å². The minimum absolute atomic E-state index is 0. The van der Waals surface area contributed by atoms with E-state index in [2.05, 4.69) is 22.3 Å². The van der Waals surface area contributed by atoms with Crippen LogP contribution in [0.1, 0.15) is 53.2 Å². The van der Waals surface area contributed by atoms with Crippen molar-refractivity contribution in [3.05, 3.63) is 102 Å². The number of nitrogens with one attached hydrogen (secondary N) is 1. The van der Waals surface area contributed by atoms with Crippen molar-refractivity contribution in [3.63, 3.8) is 0 Å². The number of benzene rings is 3. The molecule has 1 spiro atoms. The minimum atomic E-state index is -0.219. The van der Waals surface area contributed by atoms with E-state index in [-0.39, 0.29) is 29.8 Å². The fraction of sp³-hybridized carbons (Fsp3) is 0.375. The third-order valence-electron chi connectivity index (χ3n) is 8.22. The fourth-order valence-electron chi connectivity index (χ4n) is 5.81. The van der Waals surface area contributed by atoms with Crippen LogP contribution in [-0.4, -0.2) is 54.9 Å². The molecule has 7 heteroatoms. The molecule has 206 valence electrons. The number of rotatable bonds is 9. The van der Waals surface area contributed by atoms with Gasteiger partial charge in [-0.3, -0.25) is 9.59 Å². The normalized spacial score (nSPS) is 17.5. The third-order valence-corrected chi connectivity index (χ3v) is 8.22. The summed E-state index contributed by atoms with van der Waals surface area (Å²) in [5.41, 5.74) is 2.71. The summed E-state index contributed by atoms with van der Waals surface area (Å²) in [6, 6.07) is 27.5. The second-order valence-electron chi connectivity index (χ2n) is 10.5. The molecule has 0 aromatic heterocycles. The molecule has 1 N–H and O–H groups in total. The second kappa shape index (κ2) is 13.1. The number of ether oxygens (including phenoxy) is 1. The molecule has 1 atom stereocenters. The zero-order chi connectivity index (χ0) is 26.4. The van der Waals surface area contributed by atoms with Gasteiger partial charge in [-0.2, -0.15) is 0 Å². The lowest BCUT2D eigenvalue weighted by atomic mass is 9.77. The molecule has 2 aliphatic rings. The maximum Gasteiger partial charge on any atom is 0.251 e. The lowest BCUT2D eigenvalue weighted by molar-refractivity contribution is -0.138. The Kier molecular flexibility index (Phi) is 9.65. The number of carbonyl (C=O) groups is 2. The smallest absolute Gasteiger partial charge is 0.251 e. The summed E-state index contributed by atoms with van der Waals surface area (Å²) in [6.45, 7) is 4.20. The average Bonchev–Trinajstić information content (AvgIpc) is 3.27. The Bertz CT molecular complexity index is 1210. The van der Waals surface area contributed by atoms with E-state index < -0.39 is 0 Å². The van der Waals surface area contributed by atoms with Crippen molar-refractivity contribution in [2.24, 2.45) is 5.41 Å². The summed E-state index contributed by atoms with van der Waals surface area (Å²) in [4.78, 5) is 30.8. The van der Waals surface area contributed by atoms with E-state index in [9.17, 15) is 9.59 Å². The molecule has 2 saturated heterocycles. The molecule has 2 aliphatic heterocycles. The van der Waals surface area contributed by atoms with Crippen molar-refractivity contribution in [2.45, 2.75) is 38.3 Å². The van der Waals surface area contributed by atoms with Gasteiger partial charge < -0.3 is 19.9 Å². The highest BCUT2D eigenvalue weighted by molar-refractivity contribution is 5.94. The van der Waals surface area contributed by atoms with Gasteiger partial charge in [-0.15, -0.1) is 12.4 Å². The molecule has 0 saturated carbocycles. The standard InChI is InChI=1S/C32H37N3O3.ClH/c1-38-28-14-12-25(13-15-28)24-35-23-19-32(31(35)37)17-21-34(22-18-32)20-16-29(26-8-4-2-5-9-26)33-30(36)27-10-6-3-7-11-27;/h2-15,29H,16-24H2,1H3,(H,33,36);1H. The first-order chi connectivity index (χ1) is 18.6. The first-order valence-electron chi connectivity index (χ1n) is 13.6. The molecule has 5 rings (SSSR count). The summed E-state index contributed by atoms with van der Waals surface area (Å²) in [5.74, 6) is 1.09. The lowest BCUT2D eigenvalue weighted by Crippen LogP contribution is -2.45. The number of piperidine rings is 1. The topological polar surface area (TPSA) is 61.9 Å². The van der Waals surface area contributed by atoms with E-state index in [1.54, 1.807) is 7.11 Å². The van der Waals surface area contributed by atoms with Gasteiger partial charge in [0.25, 0.3) is 5.91 Å². The molecule has 39 heavy (non-hydrogen) atoms. The summed E-state index contributed by atoms with van der Waals surface area (Å²) >= 11 is 0. The second-order valence-corrected chi connectivity index (χ2v) is 10.5. The van der Waals surface area contributed by atoms with Gasteiger partial charge in [-0.1, -0.05) is 60.7 Å². The molecule has 2 fully saturated rings. The van der Waals surface area contributed by atoms with E-state index in [0.29, 0.717) is 18.0 Å². The molecule has 0 bridgehead atoms. The van der Waals surface area contributed by atoms with Crippen molar-refractivity contribution < 1.29 is 14.3 Å². The fourth-order valence-corrected chi connectivity index (χ4v) is 5.81. The highest BCUT2D eigenvalue weighted by Crippen LogP contribution is 2.42. The van der Waals surface area contributed by atoms with Crippen molar-refractivity contribution in [1.82, 2.24) is 15.1 Å². The Hall–Kier alpha value is -3.35. The minimum Gasteiger partial charge on any atom is -0.497 e. The Morgan fingerprint density at radius 3 is 2.15 bits per heavy atom. The maximum atomic E-state index is 13.5. The first kappa shape index (κ1) is 28.7. The quantitative estimate of drug-likeness (QED) is 0.385. The van der Waals surface area contributed by atoms with Gasteiger partial charge in [0.1, 0.15) is 5.75 Å². The molecule has 3 aromatic carbocycles. The third kappa shape index (κ3) is 6.81. The van der Waals surface area contributed by atoms with Gasteiger partial charge in [0, 0.05) is 25.2 Å². The SMILES string of the molecule is COc1ccc(CN2CCC3(CCN(CCC(NC(=O)c4ccccc4)c4ccccc4)CC3)C2=O)cc1.Cl. The zero-order valence-electron chi connectivity index (χ0n) is 22.6. The average molecular weight is 548 g/mol. The summed E-state index contributed by atoms with van der Waals surface area (Å²) < 4.78 is 5.25. The number of likely N-dealkylation sites (tertiary alicyclic amines) is 2. The molecular weight excluding hydrogens is 510 g/mol. The zero-order valence-corrected chi connectivity index (χ0v) is 23.4. The number of carbonyl (C=O) groups excluding carboxylic acids is 2. The van der Waals surface area contributed by atoms with Crippen LogP contribution in [0.3, 0.4) is 0 Å². The lowest BCUT2D eigenvalue weighted by Gasteiger charge is -2.38. The van der Waals surface area contributed by atoms with Gasteiger partial charge in [0.2, 0.25) is 5.91 Å².